The highest BCUT2D eigenvalue weighted by Crippen LogP contribution is 2.43. The molecule has 0 amide bonds. The zero-order chi connectivity index (χ0) is 18.3. The van der Waals surface area contributed by atoms with E-state index in [4.69, 9.17) is 10.1 Å². The van der Waals surface area contributed by atoms with Gasteiger partial charge in [-0.15, -0.1) is 0 Å². The summed E-state index contributed by atoms with van der Waals surface area (Å²) in [6.07, 6.45) is 1.81. The van der Waals surface area contributed by atoms with Gasteiger partial charge in [-0.05, 0) is 23.8 Å². The third-order valence-electron chi connectivity index (χ3n) is 4.79. The fraction of sp³-hybridized carbons (Fsp3) is 0.190. The van der Waals surface area contributed by atoms with Gasteiger partial charge in [-0.2, -0.15) is 5.26 Å². The number of rotatable bonds is 2. The maximum atomic E-state index is 9.68. The molecule has 128 valence electrons. The number of ether oxygens (including phenoxy) is 1. The van der Waals surface area contributed by atoms with Crippen LogP contribution in [-0.4, -0.2) is 25.0 Å². The number of fused-ring (bicyclic) bond motifs is 2. The average molecular weight is 342 g/mol. The molecule has 2 unspecified atom stereocenters. The molecule has 2 atom stereocenters. The van der Waals surface area contributed by atoms with Gasteiger partial charge in [-0.3, -0.25) is 10.4 Å². The average Bonchev–Trinajstić information content (AvgIpc) is 2.66. The fourth-order valence-corrected chi connectivity index (χ4v) is 3.42. The lowest BCUT2D eigenvalue weighted by molar-refractivity contribution is 0.450. The van der Waals surface area contributed by atoms with Crippen LogP contribution in [0.1, 0.15) is 17.0 Å². The molecule has 5 heteroatoms. The topological polar surface area (TPSA) is 73.0 Å². The molecule has 0 saturated carbocycles. The van der Waals surface area contributed by atoms with Crippen molar-refractivity contribution in [2.75, 3.05) is 19.0 Å². The SMILES string of the molecule is CN(C)c1ccc2c(c1)OC(=N)C(C#N)C2c1cnc2ccccc2c1. The number of nitrogens with zero attached hydrogens (tertiary/aromatic N) is 3. The number of para-hydroxylation sites is 1. The Morgan fingerprint density at radius 3 is 2.73 bits per heavy atom. The highest BCUT2D eigenvalue weighted by atomic mass is 16.5. The Bertz CT molecular complexity index is 1050. The highest BCUT2D eigenvalue weighted by molar-refractivity contribution is 5.86. The Morgan fingerprint density at radius 1 is 1.15 bits per heavy atom. The highest BCUT2D eigenvalue weighted by Gasteiger charge is 2.37. The molecule has 1 aliphatic rings. The van der Waals surface area contributed by atoms with E-state index in [9.17, 15) is 5.26 Å². The van der Waals surface area contributed by atoms with Crippen molar-refractivity contribution < 1.29 is 4.74 Å². The van der Waals surface area contributed by atoms with Gasteiger partial charge in [0, 0.05) is 48.9 Å². The first-order valence-corrected chi connectivity index (χ1v) is 8.40. The molecule has 0 spiro atoms. The van der Waals surface area contributed by atoms with Crippen LogP contribution in [0.2, 0.25) is 0 Å². The largest absolute Gasteiger partial charge is 0.442 e. The van der Waals surface area contributed by atoms with E-state index in [-0.39, 0.29) is 11.8 Å². The monoisotopic (exact) mass is 342 g/mol. The van der Waals surface area contributed by atoms with Crippen LogP contribution in [0.15, 0.2) is 54.7 Å². The summed E-state index contributed by atoms with van der Waals surface area (Å²) >= 11 is 0. The number of aromatic nitrogens is 1. The Balaban J connectivity index is 1.89. The fourth-order valence-electron chi connectivity index (χ4n) is 3.42. The first kappa shape index (κ1) is 16.1. The first-order chi connectivity index (χ1) is 12.6. The molecule has 5 nitrogen and oxygen atoms in total. The van der Waals surface area contributed by atoms with Crippen molar-refractivity contribution in [3.05, 3.63) is 65.9 Å². The van der Waals surface area contributed by atoms with E-state index in [0.29, 0.717) is 5.75 Å². The van der Waals surface area contributed by atoms with Crippen molar-refractivity contribution >= 4 is 22.5 Å². The zero-order valence-electron chi connectivity index (χ0n) is 14.6. The minimum atomic E-state index is -0.671. The Hall–Kier alpha value is -3.39. The molecule has 0 fully saturated rings. The van der Waals surface area contributed by atoms with Gasteiger partial charge < -0.3 is 9.64 Å². The predicted octanol–water partition coefficient (Wildman–Crippen LogP) is 3.94. The van der Waals surface area contributed by atoms with E-state index in [1.807, 2.05) is 61.5 Å². The zero-order valence-corrected chi connectivity index (χ0v) is 14.6. The summed E-state index contributed by atoms with van der Waals surface area (Å²) in [5.41, 5.74) is 3.73. The van der Waals surface area contributed by atoms with Crippen molar-refractivity contribution in [3.8, 4) is 11.8 Å². The predicted molar refractivity (Wildman–Crippen MR) is 102 cm³/mol. The van der Waals surface area contributed by atoms with Gasteiger partial charge >= 0.3 is 0 Å². The maximum absolute atomic E-state index is 9.68. The Kier molecular flexibility index (Phi) is 3.81. The molecule has 0 aliphatic carbocycles. The van der Waals surface area contributed by atoms with E-state index < -0.39 is 5.92 Å². The van der Waals surface area contributed by atoms with Crippen molar-refractivity contribution in [2.24, 2.45) is 5.92 Å². The van der Waals surface area contributed by atoms with Crippen molar-refractivity contribution in [3.63, 3.8) is 0 Å². The van der Waals surface area contributed by atoms with Gasteiger partial charge in [-0.25, -0.2) is 0 Å². The van der Waals surface area contributed by atoms with E-state index in [1.54, 1.807) is 6.20 Å². The van der Waals surface area contributed by atoms with Gasteiger partial charge in [0.25, 0.3) is 0 Å². The molecule has 0 bridgehead atoms. The lowest BCUT2D eigenvalue weighted by Gasteiger charge is -2.31. The molecule has 1 aliphatic heterocycles. The number of benzene rings is 2. The number of nitrogens with one attached hydrogen (secondary N) is 1. The summed E-state index contributed by atoms with van der Waals surface area (Å²) in [4.78, 5) is 6.52. The summed E-state index contributed by atoms with van der Waals surface area (Å²) < 4.78 is 5.68. The Labute approximate surface area is 152 Å². The third kappa shape index (κ3) is 2.56. The van der Waals surface area contributed by atoms with E-state index in [0.717, 1.165) is 27.7 Å². The molecular formula is C21H18N4O. The van der Waals surface area contributed by atoms with Gasteiger partial charge in [-0.1, -0.05) is 24.3 Å². The van der Waals surface area contributed by atoms with Crippen LogP contribution in [0.4, 0.5) is 5.69 Å². The van der Waals surface area contributed by atoms with Crippen LogP contribution in [0, 0.1) is 22.7 Å². The standard InChI is InChI=1S/C21H18N4O/c1-25(2)15-7-8-16-19(10-15)26-21(23)17(11-22)20(16)14-9-13-5-3-4-6-18(13)24-12-14/h3-10,12,17,20,23H,1-2H3. The molecule has 2 heterocycles. The van der Waals surface area contributed by atoms with Crippen LogP contribution in [-0.2, 0) is 0 Å². The van der Waals surface area contributed by atoms with E-state index in [2.05, 4.69) is 17.1 Å². The quantitative estimate of drug-likeness (QED) is 0.765. The molecular weight excluding hydrogens is 324 g/mol. The van der Waals surface area contributed by atoms with Gasteiger partial charge in [0.05, 0.1) is 11.6 Å². The second kappa shape index (κ2) is 6.16. The molecule has 1 aromatic heterocycles. The minimum Gasteiger partial charge on any atom is -0.442 e. The molecule has 3 aromatic rings. The summed E-state index contributed by atoms with van der Waals surface area (Å²) in [6.45, 7) is 0. The second-order valence-electron chi connectivity index (χ2n) is 6.63. The number of pyridine rings is 1. The maximum Gasteiger partial charge on any atom is 0.205 e. The Morgan fingerprint density at radius 2 is 1.96 bits per heavy atom. The van der Waals surface area contributed by atoms with Gasteiger partial charge in [0.15, 0.2) is 0 Å². The van der Waals surface area contributed by atoms with E-state index >= 15 is 0 Å². The van der Waals surface area contributed by atoms with Crippen molar-refractivity contribution in [1.29, 1.82) is 10.7 Å². The van der Waals surface area contributed by atoms with Gasteiger partial charge in [0.2, 0.25) is 5.90 Å². The molecule has 2 aromatic carbocycles. The van der Waals surface area contributed by atoms with Crippen LogP contribution in [0.25, 0.3) is 10.9 Å². The first-order valence-electron chi connectivity index (χ1n) is 8.40. The molecule has 0 saturated heterocycles. The molecule has 0 radical (unpaired) electrons. The molecule has 26 heavy (non-hydrogen) atoms. The normalized spacial score (nSPS) is 18.7. The number of hydrogen-bond donors (Lipinski definition) is 1. The smallest absolute Gasteiger partial charge is 0.205 e. The number of hydrogen-bond acceptors (Lipinski definition) is 5. The summed E-state index contributed by atoms with van der Waals surface area (Å²) in [5, 5.41) is 18.9. The summed E-state index contributed by atoms with van der Waals surface area (Å²) in [7, 11) is 3.91. The van der Waals surface area contributed by atoms with Crippen molar-refractivity contribution in [1.82, 2.24) is 4.98 Å². The lowest BCUT2D eigenvalue weighted by atomic mass is 9.79. The van der Waals surface area contributed by atoms with Crippen LogP contribution >= 0.6 is 0 Å². The molecule has 4 rings (SSSR count). The third-order valence-corrected chi connectivity index (χ3v) is 4.79. The van der Waals surface area contributed by atoms with E-state index in [1.165, 1.54) is 0 Å². The molecule has 1 N–H and O–H groups in total. The van der Waals surface area contributed by atoms with Gasteiger partial charge in [0.1, 0.15) is 11.7 Å². The number of nitriles is 1. The second-order valence-corrected chi connectivity index (χ2v) is 6.63. The number of anilines is 1. The summed E-state index contributed by atoms with van der Waals surface area (Å²) in [5.74, 6) is -0.333. The minimum absolute atomic E-state index is 0.0194. The lowest BCUT2D eigenvalue weighted by Crippen LogP contribution is -2.31. The van der Waals surface area contributed by atoms with Crippen LogP contribution in [0.3, 0.4) is 0 Å². The summed E-state index contributed by atoms with van der Waals surface area (Å²) in [6, 6.07) is 18.1. The van der Waals surface area contributed by atoms with Crippen molar-refractivity contribution in [2.45, 2.75) is 5.92 Å². The van der Waals surface area contributed by atoms with Crippen LogP contribution in [0.5, 0.6) is 5.75 Å². The van der Waals surface area contributed by atoms with Crippen LogP contribution < -0.4 is 9.64 Å².